The van der Waals surface area contributed by atoms with Gasteiger partial charge < -0.3 is 15.0 Å². The minimum Gasteiger partial charge on any atom is -0.379 e. The van der Waals surface area contributed by atoms with Crippen LogP contribution in [0.15, 0.2) is 12.7 Å². The molecule has 2 fully saturated rings. The summed E-state index contributed by atoms with van der Waals surface area (Å²) in [6, 6.07) is 0.670. The molecule has 0 radical (unpaired) electrons. The van der Waals surface area contributed by atoms with Crippen LogP contribution in [0.1, 0.15) is 25.7 Å². The summed E-state index contributed by atoms with van der Waals surface area (Å²) in [7, 11) is 0. The van der Waals surface area contributed by atoms with Gasteiger partial charge in [0.25, 0.3) is 0 Å². The highest BCUT2D eigenvalue weighted by Gasteiger charge is 2.35. The van der Waals surface area contributed by atoms with Crippen molar-refractivity contribution in [2.45, 2.75) is 37.8 Å². The van der Waals surface area contributed by atoms with Crippen molar-refractivity contribution in [2.75, 3.05) is 26.3 Å². The molecular formula is C13H22N2O2. The molecule has 1 saturated carbocycles. The average molecular weight is 238 g/mol. The van der Waals surface area contributed by atoms with Crippen molar-refractivity contribution in [3.8, 4) is 0 Å². The minimum absolute atomic E-state index is 0.0654. The quantitative estimate of drug-likeness (QED) is 0.505. The van der Waals surface area contributed by atoms with Gasteiger partial charge in [-0.25, -0.2) is 0 Å². The van der Waals surface area contributed by atoms with Crippen LogP contribution in [0.3, 0.4) is 0 Å². The van der Waals surface area contributed by atoms with Crippen LogP contribution in [0.5, 0.6) is 0 Å². The van der Waals surface area contributed by atoms with E-state index in [1.807, 2.05) is 11.0 Å². The molecule has 4 heteroatoms. The molecule has 1 atom stereocenters. The zero-order valence-corrected chi connectivity index (χ0v) is 10.4. The second kappa shape index (κ2) is 6.17. The predicted octanol–water partition coefficient (Wildman–Crippen LogP) is 0.932. The van der Waals surface area contributed by atoms with E-state index in [-0.39, 0.29) is 11.9 Å². The number of amides is 1. The molecule has 0 spiro atoms. The van der Waals surface area contributed by atoms with Crippen LogP contribution < -0.4 is 5.32 Å². The standard InChI is InChI=1S/C13H22N2O2/c1-2-3-9-17-10-8-15-7-6-12(13(15)16)14-11-4-5-11/h2,11-12,14H,1,3-10H2. The Morgan fingerprint density at radius 2 is 2.24 bits per heavy atom. The number of hydrogen-bond acceptors (Lipinski definition) is 3. The third-order valence-corrected chi connectivity index (χ3v) is 3.28. The molecule has 96 valence electrons. The lowest BCUT2D eigenvalue weighted by Gasteiger charge is -2.17. The van der Waals surface area contributed by atoms with Gasteiger partial charge in [-0.05, 0) is 25.7 Å². The topological polar surface area (TPSA) is 41.6 Å². The van der Waals surface area contributed by atoms with E-state index >= 15 is 0 Å². The summed E-state index contributed by atoms with van der Waals surface area (Å²) < 4.78 is 5.43. The van der Waals surface area contributed by atoms with E-state index in [1.165, 1.54) is 12.8 Å². The third kappa shape index (κ3) is 3.82. The summed E-state index contributed by atoms with van der Waals surface area (Å²) in [5.41, 5.74) is 0. The van der Waals surface area contributed by atoms with E-state index in [0.717, 1.165) is 25.9 Å². The first kappa shape index (κ1) is 12.6. The highest BCUT2D eigenvalue weighted by atomic mass is 16.5. The Hall–Kier alpha value is -0.870. The van der Waals surface area contributed by atoms with Gasteiger partial charge in [0.05, 0.1) is 19.3 Å². The number of rotatable bonds is 8. The van der Waals surface area contributed by atoms with E-state index < -0.39 is 0 Å². The van der Waals surface area contributed by atoms with Gasteiger partial charge in [-0.15, -0.1) is 6.58 Å². The Morgan fingerprint density at radius 1 is 1.41 bits per heavy atom. The first-order chi connectivity index (χ1) is 8.31. The Morgan fingerprint density at radius 3 is 2.94 bits per heavy atom. The molecule has 0 aromatic heterocycles. The van der Waals surface area contributed by atoms with Crippen LogP contribution in [0.25, 0.3) is 0 Å². The van der Waals surface area contributed by atoms with Gasteiger partial charge in [-0.2, -0.15) is 0 Å². The van der Waals surface area contributed by atoms with Gasteiger partial charge >= 0.3 is 0 Å². The van der Waals surface area contributed by atoms with Crippen molar-refractivity contribution >= 4 is 5.91 Å². The summed E-state index contributed by atoms with van der Waals surface area (Å²) in [4.78, 5) is 13.9. The minimum atomic E-state index is 0.0654. The highest BCUT2D eigenvalue weighted by Crippen LogP contribution is 2.22. The van der Waals surface area contributed by atoms with Crippen LogP contribution in [-0.2, 0) is 9.53 Å². The van der Waals surface area contributed by atoms with Gasteiger partial charge in [-0.3, -0.25) is 4.79 Å². The van der Waals surface area contributed by atoms with E-state index in [4.69, 9.17) is 4.74 Å². The van der Waals surface area contributed by atoms with E-state index in [0.29, 0.717) is 19.3 Å². The fourth-order valence-corrected chi connectivity index (χ4v) is 2.09. The van der Waals surface area contributed by atoms with Crippen molar-refractivity contribution < 1.29 is 9.53 Å². The van der Waals surface area contributed by atoms with Crippen LogP contribution in [-0.4, -0.2) is 49.2 Å². The lowest BCUT2D eigenvalue weighted by molar-refractivity contribution is -0.130. The Kier molecular flexibility index (Phi) is 4.57. The van der Waals surface area contributed by atoms with Crippen molar-refractivity contribution in [1.29, 1.82) is 0 Å². The monoisotopic (exact) mass is 238 g/mol. The second-order valence-corrected chi connectivity index (χ2v) is 4.80. The number of carbonyl (C=O) groups is 1. The lowest BCUT2D eigenvalue weighted by atomic mass is 10.2. The molecule has 1 heterocycles. The molecule has 0 bridgehead atoms. The number of carbonyl (C=O) groups excluding carboxylic acids is 1. The van der Waals surface area contributed by atoms with Crippen molar-refractivity contribution in [2.24, 2.45) is 0 Å². The van der Waals surface area contributed by atoms with Gasteiger partial charge in [0, 0.05) is 19.1 Å². The second-order valence-electron chi connectivity index (χ2n) is 4.80. The van der Waals surface area contributed by atoms with E-state index in [1.54, 1.807) is 0 Å². The Bertz CT molecular complexity index is 277. The Labute approximate surface area is 103 Å². The molecule has 1 N–H and O–H groups in total. The normalized spacial score (nSPS) is 24.4. The zero-order valence-electron chi connectivity index (χ0n) is 10.4. The third-order valence-electron chi connectivity index (χ3n) is 3.28. The Balaban J connectivity index is 1.61. The molecule has 17 heavy (non-hydrogen) atoms. The number of nitrogens with one attached hydrogen (secondary N) is 1. The fraction of sp³-hybridized carbons (Fsp3) is 0.769. The number of ether oxygens (including phenoxy) is 1. The molecule has 1 unspecified atom stereocenters. The number of likely N-dealkylation sites (tertiary alicyclic amines) is 1. The van der Waals surface area contributed by atoms with Crippen molar-refractivity contribution in [1.82, 2.24) is 10.2 Å². The molecule has 1 aliphatic heterocycles. The van der Waals surface area contributed by atoms with Gasteiger partial charge in [0.1, 0.15) is 0 Å². The van der Waals surface area contributed by atoms with Gasteiger partial charge in [0.15, 0.2) is 0 Å². The summed E-state index contributed by atoms with van der Waals surface area (Å²) in [6.45, 7) is 6.57. The maximum atomic E-state index is 12.0. The van der Waals surface area contributed by atoms with Crippen LogP contribution in [0.4, 0.5) is 0 Å². The van der Waals surface area contributed by atoms with Crippen molar-refractivity contribution in [3.05, 3.63) is 12.7 Å². The van der Waals surface area contributed by atoms with Crippen LogP contribution in [0.2, 0.25) is 0 Å². The molecule has 2 aliphatic rings. The molecule has 2 rings (SSSR count). The van der Waals surface area contributed by atoms with Crippen molar-refractivity contribution in [3.63, 3.8) is 0 Å². The summed E-state index contributed by atoms with van der Waals surface area (Å²) in [5.74, 6) is 0.254. The molecule has 1 saturated heterocycles. The molecule has 1 aliphatic carbocycles. The molecule has 4 nitrogen and oxygen atoms in total. The lowest BCUT2D eigenvalue weighted by Crippen LogP contribution is -2.40. The number of nitrogens with zero attached hydrogens (tertiary/aromatic N) is 1. The smallest absolute Gasteiger partial charge is 0.239 e. The first-order valence-electron chi connectivity index (χ1n) is 6.54. The first-order valence-corrected chi connectivity index (χ1v) is 6.54. The van der Waals surface area contributed by atoms with Crippen LogP contribution >= 0.6 is 0 Å². The highest BCUT2D eigenvalue weighted by molar-refractivity contribution is 5.84. The van der Waals surface area contributed by atoms with Gasteiger partial charge in [-0.1, -0.05) is 6.08 Å². The molecule has 0 aromatic carbocycles. The summed E-state index contributed by atoms with van der Waals surface area (Å²) in [5, 5.41) is 3.40. The molecule has 0 aromatic rings. The maximum absolute atomic E-state index is 12.0. The van der Waals surface area contributed by atoms with Crippen LogP contribution in [0, 0.1) is 0 Å². The zero-order chi connectivity index (χ0) is 12.1. The molecular weight excluding hydrogens is 216 g/mol. The largest absolute Gasteiger partial charge is 0.379 e. The van der Waals surface area contributed by atoms with E-state index in [2.05, 4.69) is 11.9 Å². The average Bonchev–Trinajstić information content (AvgIpc) is 3.08. The fourth-order valence-electron chi connectivity index (χ4n) is 2.09. The SMILES string of the molecule is C=CCCOCCN1CCC(NC2CC2)C1=O. The van der Waals surface area contributed by atoms with Gasteiger partial charge in [0.2, 0.25) is 5.91 Å². The summed E-state index contributed by atoms with van der Waals surface area (Å²) >= 11 is 0. The maximum Gasteiger partial charge on any atom is 0.239 e. The van der Waals surface area contributed by atoms with E-state index in [9.17, 15) is 4.79 Å². The molecule has 1 amide bonds. The summed E-state index contributed by atoms with van der Waals surface area (Å²) in [6.07, 6.45) is 6.13. The number of hydrogen-bond donors (Lipinski definition) is 1. The predicted molar refractivity (Wildman–Crippen MR) is 66.8 cm³/mol.